The van der Waals surface area contributed by atoms with Crippen molar-refractivity contribution in [2.45, 2.75) is 46.6 Å². The third-order valence-electron chi connectivity index (χ3n) is 3.27. The van der Waals surface area contributed by atoms with Gasteiger partial charge in [0.1, 0.15) is 0 Å². The van der Waals surface area contributed by atoms with Crippen molar-refractivity contribution < 1.29 is 0 Å². The lowest BCUT2D eigenvalue weighted by Gasteiger charge is -2.22. The van der Waals surface area contributed by atoms with E-state index in [1.54, 1.807) is 11.3 Å². The Bertz CT molecular complexity index is 547. The maximum absolute atomic E-state index is 4.65. The Hall–Kier alpha value is -1.42. The molecule has 0 spiro atoms. The van der Waals surface area contributed by atoms with Crippen molar-refractivity contribution in [3.8, 4) is 0 Å². The van der Waals surface area contributed by atoms with Crippen LogP contribution in [0.4, 0.5) is 5.95 Å². The molecule has 0 radical (unpaired) electrons. The molecule has 2 aromatic rings. The molecule has 0 aromatic carbocycles. The maximum Gasteiger partial charge on any atom is 0.223 e. The zero-order valence-electron chi connectivity index (χ0n) is 12.8. The number of nitrogens with one attached hydrogen (secondary N) is 1. The van der Waals surface area contributed by atoms with Crippen molar-refractivity contribution in [3.05, 3.63) is 39.8 Å². The maximum atomic E-state index is 4.65. The van der Waals surface area contributed by atoms with E-state index in [4.69, 9.17) is 0 Å². The molecular weight excluding hydrogens is 266 g/mol. The van der Waals surface area contributed by atoms with Crippen LogP contribution < -0.4 is 5.32 Å². The molecule has 0 aliphatic carbocycles. The summed E-state index contributed by atoms with van der Waals surface area (Å²) >= 11 is 1.78. The number of rotatable bonds is 5. The Morgan fingerprint density at radius 1 is 1.15 bits per heavy atom. The minimum absolute atomic E-state index is 0.261. The molecule has 1 atom stereocenters. The van der Waals surface area contributed by atoms with E-state index in [1.165, 1.54) is 4.88 Å². The third-order valence-corrected chi connectivity index (χ3v) is 4.22. The van der Waals surface area contributed by atoms with Gasteiger partial charge >= 0.3 is 0 Å². The van der Waals surface area contributed by atoms with Crippen LogP contribution in [0.1, 0.15) is 55.9 Å². The van der Waals surface area contributed by atoms with Crippen LogP contribution in [0.5, 0.6) is 0 Å². The van der Waals surface area contributed by atoms with Crippen LogP contribution in [0.25, 0.3) is 0 Å². The van der Waals surface area contributed by atoms with E-state index in [-0.39, 0.29) is 6.04 Å². The number of nitrogens with zero attached hydrogens (tertiary/aromatic N) is 2. The topological polar surface area (TPSA) is 37.8 Å². The fraction of sp³-hybridized carbons (Fsp3) is 0.500. The Morgan fingerprint density at radius 2 is 1.90 bits per heavy atom. The smallest absolute Gasteiger partial charge is 0.223 e. The first-order valence-electron chi connectivity index (χ1n) is 7.13. The van der Waals surface area contributed by atoms with Gasteiger partial charge < -0.3 is 5.32 Å². The summed E-state index contributed by atoms with van der Waals surface area (Å²) in [6.07, 6.45) is 0. The van der Waals surface area contributed by atoms with Gasteiger partial charge in [-0.3, -0.25) is 0 Å². The number of hydrogen-bond acceptors (Lipinski definition) is 4. The second kappa shape index (κ2) is 6.35. The second-order valence-corrected chi connectivity index (χ2v) is 6.77. The van der Waals surface area contributed by atoms with Gasteiger partial charge in [0.25, 0.3) is 0 Å². The number of anilines is 1. The SMILES string of the molecule is Cc1cc(C(C)C)nc(NC(c2cccs2)C(C)C)n1. The number of aryl methyl sites for hydroxylation is 1. The number of hydrogen-bond donors (Lipinski definition) is 1. The summed E-state index contributed by atoms with van der Waals surface area (Å²) in [4.78, 5) is 10.5. The monoisotopic (exact) mass is 289 g/mol. The molecule has 2 heterocycles. The lowest BCUT2D eigenvalue weighted by atomic mass is 10.0. The first kappa shape index (κ1) is 15.0. The summed E-state index contributed by atoms with van der Waals surface area (Å²) < 4.78 is 0. The number of aromatic nitrogens is 2. The fourth-order valence-electron chi connectivity index (χ4n) is 2.13. The first-order valence-corrected chi connectivity index (χ1v) is 8.01. The van der Waals surface area contributed by atoms with Gasteiger partial charge in [-0.25, -0.2) is 9.97 Å². The van der Waals surface area contributed by atoms with Crippen molar-refractivity contribution in [1.82, 2.24) is 9.97 Å². The highest BCUT2D eigenvalue weighted by atomic mass is 32.1. The van der Waals surface area contributed by atoms with E-state index in [9.17, 15) is 0 Å². The molecular formula is C16H23N3S. The summed E-state index contributed by atoms with van der Waals surface area (Å²) in [5.74, 6) is 1.64. The number of thiophene rings is 1. The molecule has 0 aliphatic rings. The summed E-state index contributed by atoms with van der Waals surface area (Å²) in [5, 5.41) is 5.62. The Balaban J connectivity index is 2.27. The average Bonchev–Trinajstić information content (AvgIpc) is 2.88. The first-order chi connectivity index (χ1) is 9.47. The summed E-state index contributed by atoms with van der Waals surface area (Å²) in [6.45, 7) is 10.8. The van der Waals surface area contributed by atoms with Gasteiger partial charge in [-0.1, -0.05) is 33.8 Å². The molecule has 20 heavy (non-hydrogen) atoms. The predicted molar refractivity (Wildman–Crippen MR) is 86.4 cm³/mol. The highest BCUT2D eigenvalue weighted by Gasteiger charge is 2.18. The quantitative estimate of drug-likeness (QED) is 0.860. The van der Waals surface area contributed by atoms with Crippen molar-refractivity contribution in [1.29, 1.82) is 0 Å². The Kier molecular flexibility index (Phi) is 4.76. The molecule has 2 rings (SSSR count). The van der Waals surface area contributed by atoms with Crippen LogP contribution in [0, 0.1) is 12.8 Å². The highest BCUT2D eigenvalue weighted by molar-refractivity contribution is 7.10. The van der Waals surface area contributed by atoms with Crippen LogP contribution in [0.3, 0.4) is 0 Å². The lowest BCUT2D eigenvalue weighted by molar-refractivity contribution is 0.549. The summed E-state index contributed by atoms with van der Waals surface area (Å²) in [6, 6.07) is 6.58. The molecule has 1 N–H and O–H groups in total. The molecule has 1 unspecified atom stereocenters. The molecule has 0 bridgehead atoms. The van der Waals surface area contributed by atoms with Crippen LogP contribution in [-0.4, -0.2) is 9.97 Å². The van der Waals surface area contributed by atoms with E-state index >= 15 is 0 Å². The predicted octanol–water partition coefficient (Wildman–Crippen LogP) is 4.78. The Morgan fingerprint density at radius 3 is 2.45 bits per heavy atom. The third kappa shape index (κ3) is 3.57. The van der Waals surface area contributed by atoms with Gasteiger partial charge in [-0.2, -0.15) is 0 Å². The lowest BCUT2D eigenvalue weighted by Crippen LogP contribution is -2.18. The van der Waals surface area contributed by atoms with E-state index in [1.807, 2.05) is 6.92 Å². The Labute approximate surface area is 125 Å². The van der Waals surface area contributed by atoms with E-state index in [0.717, 1.165) is 17.3 Å². The van der Waals surface area contributed by atoms with Gasteiger partial charge in [0.15, 0.2) is 0 Å². The zero-order chi connectivity index (χ0) is 14.7. The fourth-order valence-corrected chi connectivity index (χ4v) is 3.08. The molecule has 0 fully saturated rings. The largest absolute Gasteiger partial charge is 0.346 e. The van der Waals surface area contributed by atoms with E-state index in [2.05, 4.69) is 66.6 Å². The standard InChI is InChI=1S/C16H23N3S/c1-10(2)13-9-12(5)17-16(18-13)19-15(11(3)4)14-7-6-8-20-14/h6-11,15H,1-5H3,(H,17,18,19). The van der Waals surface area contributed by atoms with Crippen molar-refractivity contribution >= 4 is 17.3 Å². The van der Waals surface area contributed by atoms with Crippen molar-refractivity contribution in [2.75, 3.05) is 5.32 Å². The molecule has 3 nitrogen and oxygen atoms in total. The minimum atomic E-state index is 0.261. The van der Waals surface area contributed by atoms with Crippen LogP contribution in [0.2, 0.25) is 0 Å². The van der Waals surface area contributed by atoms with Crippen LogP contribution in [-0.2, 0) is 0 Å². The molecule has 0 amide bonds. The van der Waals surface area contributed by atoms with Gasteiger partial charge in [0, 0.05) is 16.3 Å². The molecule has 0 aliphatic heterocycles. The van der Waals surface area contributed by atoms with Crippen LogP contribution in [0.15, 0.2) is 23.6 Å². The summed E-state index contributed by atoms with van der Waals surface area (Å²) in [7, 11) is 0. The molecule has 108 valence electrons. The summed E-state index contributed by atoms with van der Waals surface area (Å²) in [5.41, 5.74) is 2.11. The van der Waals surface area contributed by atoms with Gasteiger partial charge in [-0.05, 0) is 36.3 Å². The van der Waals surface area contributed by atoms with Crippen molar-refractivity contribution in [2.24, 2.45) is 5.92 Å². The minimum Gasteiger partial charge on any atom is -0.346 e. The molecule has 2 aromatic heterocycles. The van der Waals surface area contributed by atoms with Gasteiger partial charge in [-0.15, -0.1) is 11.3 Å². The average molecular weight is 289 g/mol. The van der Waals surface area contributed by atoms with Crippen LogP contribution >= 0.6 is 11.3 Å². The molecule has 0 saturated carbocycles. The highest BCUT2D eigenvalue weighted by Crippen LogP contribution is 2.29. The van der Waals surface area contributed by atoms with Crippen molar-refractivity contribution in [3.63, 3.8) is 0 Å². The molecule has 0 saturated heterocycles. The second-order valence-electron chi connectivity index (χ2n) is 5.79. The normalized spacial score (nSPS) is 12.9. The zero-order valence-corrected chi connectivity index (χ0v) is 13.7. The van der Waals surface area contributed by atoms with E-state index in [0.29, 0.717) is 11.8 Å². The van der Waals surface area contributed by atoms with Gasteiger partial charge in [0.2, 0.25) is 5.95 Å². The van der Waals surface area contributed by atoms with E-state index < -0.39 is 0 Å². The molecule has 4 heteroatoms. The van der Waals surface area contributed by atoms with Gasteiger partial charge in [0.05, 0.1) is 6.04 Å².